The van der Waals surface area contributed by atoms with Crippen LogP contribution in [0.4, 0.5) is 0 Å². The standard InChI is InChI=1S/C41H70N10O11/c1-6-23(4)33(50-37(57)29(17-18-31(44)54)47-35(55)27(11-7-9-19-42)48-39(59)32(45)22(2)3)40(60)49-30(21-25-13-15-26(53)16-14-25)38(58)46-28(12-8-10-20-43)36(56)51-34(24(5)52)41(61)62/h13-16,22-24,27-30,32-34,52-53H,6-12,17-21,42-43,45H2,1-5H3,(H2,44,54)(H,46,58)(H,47,55)(H,48,59)(H,49,60)(H,50,57)(H,51,56)(H,61,62)/t23-,24+,27-,28-,29-,30-,32-,33-,34-/m0/s1. The summed E-state index contributed by atoms with van der Waals surface area (Å²) in [5, 5.41) is 44.7. The van der Waals surface area contributed by atoms with Crippen LogP contribution >= 0.6 is 0 Å². The summed E-state index contributed by atoms with van der Waals surface area (Å²) in [7, 11) is 0. The lowest BCUT2D eigenvalue weighted by molar-refractivity contribution is -0.145. The highest BCUT2D eigenvalue weighted by molar-refractivity contribution is 5.97. The minimum atomic E-state index is -1.69. The molecule has 350 valence electrons. The summed E-state index contributed by atoms with van der Waals surface area (Å²) in [5.41, 5.74) is 23.2. The number of phenols is 1. The molecule has 9 atom stereocenters. The fraction of sp³-hybridized carbons (Fsp3) is 0.659. The summed E-state index contributed by atoms with van der Waals surface area (Å²) in [6.45, 7) is 8.67. The van der Waals surface area contributed by atoms with Gasteiger partial charge in [-0.05, 0) is 94.5 Å². The number of carboxylic acid groups (broad SMARTS) is 1. The molecule has 0 aromatic heterocycles. The van der Waals surface area contributed by atoms with Gasteiger partial charge in [-0.3, -0.25) is 33.6 Å². The first-order chi connectivity index (χ1) is 29.2. The van der Waals surface area contributed by atoms with Gasteiger partial charge in [0.2, 0.25) is 41.4 Å². The maximum absolute atomic E-state index is 14.2. The molecule has 17 N–H and O–H groups in total. The minimum Gasteiger partial charge on any atom is -0.508 e. The zero-order valence-corrected chi connectivity index (χ0v) is 36.5. The lowest BCUT2D eigenvalue weighted by atomic mass is 9.96. The number of nitrogens with two attached hydrogens (primary N) is 4. The molecule has 0 saturated carbocycles. The average molecular weight is 879 g/mol. The Morgan fingerprint density at radius 3 is 1.48 bits per heavy atom. The molecule has 21 nitrogen and oxygen atoms in total. The van der Waals surface area contributed by atoms with Crippen molar-refractivity contribution in [1.82, 2.24) is 31.9 Å². The van der Waals surface area contributed by atoms with E-state index in [-0.39, 0.29) is 50.3 Å². The number of hydrogen-bond donors (Lipinski definition) is 13. The van der Waals surface area contributed by atoms with Crippen molar-refractivity contribution in [2.75, 3.05) is 13.1 Å². The molecule has 0 unspecified atom stereocenters. The van der Waals surface area contributed by atoms with E-state index in [1.807, 2.05) is 0 Å². The van der Waals surface area contributed by atoms with Gasteiger partial charge in [0, 0.05) is 12.8 Å². The van der Waals surface area contributed by atoms with Crippen LogP contribution in [0.5, 0.6) is 5.75 Å². The highest BCUT2D eigenvalue weighted by Crippen LogP contribution is 2.15. The first kappa shape index (κ1) is 54.6. The summed E-state index contributed by atoms with van der Waals surface area (Å²) in [6, 6.07) is -3.46. The van der Waals surface area contributed by atoms with E-state index in [0.717, 1.165) is 0 Å². The number of hydrogen-bond acceptors (Lipinski definition) is 13. The number of benzene rings is 1. The van der Waals surface area contributed by atoms with Crippen molar-refractivity contribution in [3.63, 3.8) is 0 Å². The number of aliphatic carboxylic acids is 1. The maximum Gasteiger partial charge on any atom is 0.328 e. The Bertz CT molecular complexity index is 1630. The summed E-state index contributed by atoms with van der Waals surface area (Å²) < 4.78 is 0. The molecular formula is C41H70N10O11. The Morgan fingerprint density at radius 1 is 0.613 bits per heavy atom. The van der Waals surface area contributed by atoms with Crippen LogP contribution < -0.4 is 54.8 Å². The lowest BCUT2D eigenvalue weighted by Gasteiger charge is -2.30. The largest absolute Gasteiger partial charge is 0.508 e. The van der Waals surface area contributed by atoms with Gasteiger partial charge in [0.25, 0.3) is 0 Å². The SMILES string of the molecule is CC[C@H](C)[C@H](NC(=O)[C@H](CCC(N)=O)NC(=O)[C@H](CCCCN)NC(=O)[C@@H](N)C(C)C)C(=O)N[C@@H](Cc1ccc(O)cc1)C(=O)N[C@@H](CCCCN)C(=O)N[C@H](C(=O)O)[C@@H](C)O. The van der Waals surface area contributed by atoms with Crippen molar-refractivity contribution in [2.45, 2.75) is 147 Å². The molecule has 1 aromatic rings. The van der Waals surface area contributed by atoms with Gasteiger partial charge in [-0.15, -0.1) is 0 Å². The number of aromatic hydroxyl groups is 1. The monoisotopic (exact) mass is 879 g/mol. The number of aliphatic hydroxyl groups excluding tert-OH is 1. The van der Waals surface area contributed by atoms with Crippen molar-refractivity contribution in [3.05, 3.63) is 29.8 Å². The Hall–Kier alpha value is -5.38. The summed E-state index contributed by atoms with van der Waals surface area (Å²) in [6.07, 6.45) is 0.0520. The Labute approximate surface area is 363 Å². The molecule has 0 spiro atoms. The third-order valence-corrected chi connectivity index (χ3v) is 10.3. The number of phenolic OH excluding ortho intramolecular Hbond substituents is 1. The quantitative estimate of drug-likeness (QED) is 0.0367. The summed E-state index contributed by atoms with van der Waals surface area (Å²) in [5.74, 6) is -7.97. The second kappa shape index (κ2) is 28.3. The maximum atomic E-state index is 14.2. The van der Waals surface area contributed by atoms with Crippen LogP contribution in [0, 0.1) is 11.8 Å². The first-order valence-corrected chi connectivity index (χ1v) is 21.1. The molecule has 0 aliphatic heterocycles. The van der Waals surface area contributed by atoms with Crippen LogP contribution in [-0.4, -0.2) is 124 Å². The molecular weight excluding hydrogens is 809 g/mol. The van der Waals surface area contributed by atoms with Crippen molar-refractivity contribution >= 4 is 47.3 Å². The van der Waals surface area contributed by atoms with Crippen LogP contribution in [0.15, 0.2) is 24.3 Å². The zero-order chi connectivity index (χ0) is 47.1. The van der Waals surface area contributed by atoms with E-state index in [0.29, 0.717) is 44.2 Å². The highest BCUT2D eigenvalue weighted by atomic mass is 16.4. The summed E-state index contributed by atoms with van der Waals surface area (Å²) >= 11 is 0. The minimum absolute atomic E-state index is 0.0207. The van der Waals surface area contributed by atoms with E-state index in [1.165, 1.54) is 31.2 Å². The number of aliphatic hydroxyl groups is 1. The molecule has 0 bridgehead atoms. The number of primary amides is 1. The predicted molar refractivity (Wildman–Crippen MR) is 229 cm³/mol. The van der Waals surface area contributed by atoms with Crippen LogP contribution in [0.1, 0.15) is 98.0 Å². The van der Waals surface area contributed by atoms with Crippen LogP contribution in [0.25, 0.3) is 0 Å². The molecule has 1 rings (SSSR count). The van der Waals surface area contributed by atoms with Gasteiger partial charge in [0.15, 0.2) is 6.04 Å². The van der Waals surface area contributed by atoms with E-state index in [2.05, 4.69) is 31.9 Å². The molecule has 1 aromatic carbocycles. The molecule has 0 aliphatic rings. The van der Waals surface area contributed by atoms with Gasteiger partial charge in [-0.2, -0.15) is 0 Å². The van der Waals surface area contributed by atoms with Crippen molar-refractivity contribution in [2.24, 2.45) is 34.8 Å². The normalized spacial score (nSPS) is 15.6. The average Bonchev–Trinajstić information content (AvgIpc) is 3.21. The van der Waals surface area contributed by atoms with E-state index in [9.17, 15) is 53.7 Å². The van der Waals surface area contributed by atoms with Crippen LogP contribution in [-0.2, 0) is 44.8 Å². The van der Waals surface area contributed by atoms with E-state index >= 15 is 0 Å². The number of rotatable bonds is 30. The number of carboxylic acids is 1. The summed E-state index contributed by atoms with van der Waals surface area (Å²) in [4.78, 5) is 106. The molecule has 0 saturated heterocycles. The molecule has 21 heteroatoms. The molecule has 0 aliphatic carbocycles. The smallest absolute Gasteiger partial charge is 0.328 e. The molecule has 62 heavy (non-hydrogen) atoms. The van der Waals surface area contributed by atoms with E-state index in [1.54, 1.807) is 27.7 Å². The lowest BCUT2D eigenvalue weighted by Crippen LogP contribution is -2.61. The van der Waals surface area contributed by atoms with Gasteiger partial charge in [-0.1, -0.05) is 46.2 Å². The third kappa shape index (κ3) is 19.6. The van der Waals surface area contributed by atoms with Crippen LogP contribution in [0.2, 0.25) is 0 Å². The van der Waals surface area contributed by atoms with Gasteiger partial charge in [0.1, 0.15) is 36.0 Å². The molecule has 0 heterocycles. The Balaban J connectivity index is 3.54. The molecule has 0 fully saturated rings. The third-order valence-electron chi connectivity index (χ3n) is 10.3. The topological polar surface area (TPSA) is 374 Å². The first-order valence-electron chi connectivity index (χ1n) is 21.1. The Morgan fingerprint density at radius 2 is 1.05 bits per heavy atom. The van der Waals surface area contributed by atoms with Gasteiger partial charge < -0.3 is 70.2 Å². The Kier molecular flexibility index (Phi) is 24.9. The van der Waals surface area contributed by atoms with E-state index < -0.39 is 102 Å². The molecule has 0 radical (unpaired) electrons. The van der Waals surface area contributed by atoms with Gasteiger partial charge >= 0.3 is 5.97 Å². The second-order valence-electron chi connectivity index (χ2n) is 15.9. The zero-order valence-electron chi connectivity index (χ0n) is 36.5. The number of amides is 7. The predicted octanol–water partition coefficient (Wildman–Crippen LogP) is -2.14. The van der Waals surface area contributed by atoms with Crippen LogP contribution in [0.3, 0.4) is 0 Å². The highest BCUT2D eigenvalue weighted by Gasteiger charge is 2.36. The van der Waals surface area contributed by atoms with Crippen molar-refractivity contribution in [3.8, 4) is 5.75 Å². The fourth-order valence-corrected chi connectivity index (χ4v) is 6.13. The fourth-order valence-electron chi connectivity index (χ4n) is 6.13. The number of nitrogens with one attached hydrogen (secondary N) is 6. The number of carbonyl (C=O) groups excluding carboxylic acids is 7. The van der Waals surface area contributed by atoms with Gasteiger partial charge in [-0.25, -0.2) is 4.79 Å². The number of unbranched alkanes of at least 4 members (excludes halogenated alkanes) is 2. The number of carbonyl (C=O) groups is 8. The molecule has 7 amide bonds. The second-order valence-corrected chi connectivity index (χ2v) is 15.9. The van der Waals surface area contributed by atoms with Gasteiger partial charge in [0.05, 0.1) is 12.1 Å². The van der Waals surface area contributed by atoms with Crippen molar-refractivity contribution in [1.29, 1.82) is 0 Å². The van der Waals surface area contributed by atoms with Crippen molar-refractivity contribution < 1.29 is 53.7 Å². The van der Waals surface area contributed by atoms with E-state index in [4.69, 9.17) is 22.9 Å².